The highest BCUT2D eigenvalue weighted by molar-refractivity contribution is 6.11. The topological polar surface area (TPSA) is 133 Å². The summed E-state index contributed by atoms with van der Waals surface area (Å²) in [6.07, 6.45) is 7.10. The molecule has 3 heterocycles. The summed E-state index contributed by atoms with van der Waals surface area (Å²) >= 11 is 0. The van der Waals surface area contributed by atoms with Crippen LogP contribution < -0.4 is 10.6 Å². The summed E-state index contributed by atoms with van der Waals surface area (Å²) in [4.78, 5) is 47.5. The number of benzene rings is 1. The molecule has 0 aliphatic rings. The van der Waals surface area contributed by atoms with E-state index in [0.717, 1.165) is 24.0 Å². The van der Waals surface area contributed by atoms with Gasteiger partial charge in [0.1, 0.15) is 5.69 Å². The standard InChI is InChI=1S/C28H31N7O3/c1-5-17(6-2)11-25(36)24-10-8-20(16-30-24)31-27(37)26-22-13-18(7-9-23(22)33-34-26)19-12-21(15-29-14-19)32-28(38)35(3)4/h7-10,12-17H,5-6,11H2,1-4H3,(H,31,37)(H,32,38)(H,33,34). The Hall–Kier alpha value is -4.60. The summed E-state index contributed by atoms with van der Waals surface area (Å²) in [7, 11) is 3.32. The Labute approximate surface area is 220 Å². The zero-order valence-corrected chi connectivity index (χ0v) is 21.9. The highest BCUT2D eigenvalue weighted by atomic mass is 16.2. The van der Waals surface area contributed by atoms with Gasteiger partial charge < -0.3 is 15.5 Å². The molecule has 38 heavy (non-hydrogen) atoms. The monoisotopic (exact) mass is 513 g/mol. The zero-order valence-electron chi connectivity index (χ0n) is 21.9. The molecule has 0 saturated carbocycles. The van der Waals surface area contributed by atoms with Crippen molar-refractivity contribution in [3.8, 4) is 11.1 Å². The summed E-state index contributed by atoms with van der Waals surface area (Å²) in [5.41, 5.74) is 3.92. The predicted octanol–water partition coefficient (Wildman–Crippen LogP) is 5.37. The quantitative estimate of drug-likeness (QED) is 0.258. The van der Waals surface area contributed by atoms with Crippen molar-refractivity contribution in [1.29, 1.82) is 0 Å². The first-order valence-electron chi connectivity index (χ1n) is 12.5. The van der Waals surface area contributed by atoms with E-state index in [2.05, 4.69) is 44.6 Å². The number of nitrogens with one attached hydrogen (secondary N) is 3. The molecule has 3 amide bonds. The number of pyridine rings is 2. The van der Waals surface area contributed by atoms with E-state index in [0.29, 0.717) is 40.3 Å². The van der Waals surface area contributed by atoms with Crippen LogP contribution >= 0.6 is 0 Å². The van der Waals surface area contributed by atoms with E-state index >= 15 is 0 Å². The number of Topliss-reactive ketones (excluding diaryl/α,β-unsaturated/α-hetero) is 1. The van der Waals surface area contributed by atoms with Gasteiger partial charge in [0.05, 0.1) is 29.3 Å². The van der Waals surface area contributed by atoms with Crippen LogP contribution in [-0.2, 0) is 0 Å². The van der Waals surface area contributed by atoms with E-state index in [1.54, 1.807) is 38.6 Å². The van der Waals surface area contributed by atoms with Gasteiger partial charge in [-0.15, -0.1) is 0 Å². The third kappa shape index (κ3) is 6.03. The van der Waals surface area contributed by atoms with Crippen LogP contribution in [0.2, 0.25) is 0 Å². The second-order valence-electron chi connectivity index (χ2n) is 9.32. The van der Waals surface area contributed by atoms with Gasteiger partial charge in [0, 0.05) is 37.7 Å². The number of fused-ring (bicyclic) bond motifs is 1. The van der Waals surface area contributed by atoms with Gasteiger partial charge in [-0.05, 0) is 41.8 Å². The summed E-state index contributed by atoms with van der Waals surface area (Å²) in [6, 6.07) is 10.4. The Bertz CT molecular complexity index is 1460. The lowest BCUT2D eigenvalue weighted by Gasteiger charge is -2.12. The third-order valence-electron chi connectivity index (χ3n) is 6.44. The van der Waals surface area contributed by atoms with Crippen LogP contribution in [0.15, 0.2) is 55.0 Å². The molecule has 0 bridgehead atoms. The molecule has 196 valence electrons. The highest BCUT2D eigenvalue weighted by Crippen LogP contribution is 2.27. The van der Waals surface area contributed by atoms with Crippen molar-refractivity contribution in [2.45, 2.75) is 33.1 Å². The van der Waals surface area contributed by atoms with Crippen molar-refractivity contribution in [3.05, 3.63) is 66.4 Å². The molecule has 0 saturated heterocycles. The van der Waals surface area contributed by atoms with Crippen molar-refractivity contribution < 1.29 is 14.4 Å². The lowest BCUT2D eigenvalue weighted by Crippen LogP contribution is -2.27. The predicted molar refractivity (Wildman–Crippen MR) is 147 cm³/mol. The van der Waals surface area contributed by atoms with E-state index in [9.17, 15) is 14.4 Å². The number of nitrogens with zero attached hydrogens (tertiary/aromatic N) is 4. The molecular formula is C28H31N7O3. The number of amides is 3. The van der Waals surface area contributed by atoms with Gasteiger partial charge in [0.25, 0.3) is 5.91 Å². The molecule has 3 aromatic heterocycles. The average molecular weight is 514 g/mol. The first kappa shape index (κ1) is 26.5. The van der Waals surface area contributed by atoms with E-state index in [-0.39, 0.29) is 17.5 Å². The molecule has 1 aromatic carbocycles. The van der Waals surface area contributed by atoms with Gasteiger partial charge in [-0.1, -0.05) is 32.8 Å². The Morgan fingerprint density at radius 1 is 0.921 bits per heavy atom. The Morgan fingerprint density at radius 3 is 2.39 bits per heavy atom. The van der Waals surface area contributed by atoms with Crippen molar-refractivity contribution in [1.82, 2.24) is 25.1 Å². The van der Waals surface area contributed by atoms with E-state index in [1.165, 1.54) is 11.1 Å². The Balaban J connectivity index is 1.51. The van der Waals surface area contributed by atoms with Gasteiger partial charge in [-0.2, -0.15) is 5.10 Å². The molecule has 10 heteroatoms. The second-order valence-corrected chi connectivity index (χ2v) is 9.32. The number of aromatic nitrogens is 4. The molecule has 0 spiro atoms. The van der Waals surface area contributed by atoms with Crippen molar-refractivity contribution in [2.24, 2.45) is 5.92 Å². The number of aromatic amines is 1. The van der Waals surface area contributed by atoms with Gasteiger partial charge in [0.15, 0.2) is 11.5 Å². The fraction of sp³-hybridized carbons (Fsp3) is 0.286. The zero-order chi connectivity index (χ0) is 27.2. The fourth-order valence-electron chi connectivity index (χ4n) is 4.04. The summed E-state index contributed by atoms with van der Waals surface area (Å²) in [5.74, 6) is -0.0600. The summed E-state index contributed by atoms with van der Waals surface area (Å²) < 4.78 is 0. The van der Waals surface area contributed by atoms with E-state index in [1.807, 2.05) is 24.3 Å². The summed E-state index contributed by atoms with van der Waals surface area (Å²) in [6.45, 7) is 4.16. The maximum absolute atomic E-state index is 13.1. The van der Waals surface area contributed by atoms with Gasteiger partial charge in [-0.3, -0.25) is 24.7 Å². The van der Waals surface area contributed by atoms with Crippen molar-refractivity contribution in [3.63, 3.8) is 0 Å². The second kappa shape index (κ2) is 11.6. The minimum Gasteiger partial charge on any atom is -0.331 e. The van der Waals surface area contributed by atoms with Crippen LogP contribution in [0.3, 0.4) is 0 Å². The van der Waals surface area contributed by atoms with Crippen LogP contribution in [0.25, 0.3) is 22.0 Å². The van der Waals surface area contributed by atoms with Crippen LogP contribution in [0.1, 0.15) is 54.1 Å². The SMILES string of the molecule is CCC(CC)CC(=O)c1ccc(NC(=O)c2n[nH]c3ccc(-c4cncc(NC(=O)N(C)C)c4)cc23)cn1. The number of urea groups is 1. The number of rotatable bonds is 9. The smallest absolute Gasteiger partial charge is 0.321 e. The van der Waals surface area contributed by atoms with Crippen LogP contribution in [0.5, 0.6) is 0 Å². The molecule has 0 radical (unpaired) electrons. The van der Waals surface area contributed by atoms with Crippen LogP contribution in [0.4, 0.5) is 16.2 Å². The van der Waals surface area contributed by atoms with E-state index in [4.69, 9.17) is 0 Å². The Kier molecular flexibility index (Phi) is 8.10. The van der Waals surface area contributed by atoms with Gasteiger partial charge >= 0.3 is 6.03 Å². The molecule has 0 atom stereocenters. The number of H-pyrrole nitrogens is 1. The number of hydrogen-bond acceptors (Lipinski definition) is 6. The van der Waals surface area contributed by atoms with E-state index < -0.39 is 5.91 Å². The fourth-order valence-corrected chi connectivity index (χ4v) is 4.04. The molecule has 0 aliphatic heterocycles. The average Bonchev–Trinajstić information content (AvgIpc) is 3.35. The minimum atomic E-state index is -0.406. The van der Waals surface area contributed by atoms with Gasteiger partial charge in [-0.25, -0.2) is 4.79 Å². The van der Waals surface area contributed by atoms with Crippen LogP contribution in [-0.4, -0.2) is 56.9 Å². The molecule has 4 aromatic rings. The normalized spacial score (nSPS) is 11.0. The molecule has 10 nitrogen and oxygen atoms in total. The largest absolute Gasteiger partial charge is 0.331 e. The van der Waals surface area contributed by atoms with Crippen LogP contribution in [0, 0.1) is 5.92 Å². The maximum atomic E-state index is 13.1. The minimum absolute atomic E-state index is 0.00208. The number of ketones is 1. The molecule has 0 fully saturated rings. The maximum Gasteiger partial charge on any atom is 0.321 e. The van der Waals surface area contributed by atoms with Gasteiger partial charge in [0.2, 0.25) is 0 Å². The number of carbonyl (C=O) groups excluding carboxylic acids is 3. The summed E-state index contributed by atoms with van der Waals surface area (Å²) in [5, 5.41) is 13.3. The van der Waals surface area contributed by atoms with Crippen molar-refractivity contribution in [2.75, 3.05) is 24.7 Å². The number of hydrogen-bond donors (Lipinski definition) is 3. The Morgan fingerprint density at radius 2 is 1.71 bits per heavy atom. The lowest BCUT2D eigenvalue weighted by molar-refractivity contribution is 0.0953. The molecular weight excluding hydrogens is 482 g/mol. The molecule has 0 aliphatic carbocycles. The number of anilines is 2. The first-order valence-corrected chi connectivity index (χ1v) is 12.5. The molecule has 0 unspecified atom stereocenters. The molecule has 4 rings (SSSR count). The first-order chi connectivity index (χ1) is 18.3. The molecule has 3 N–H and O–H groups in total. The number of carbonyl (C=O) groups is 3. The highest BCUT2D eigenvalue weighted by Gasteiger charge is 2.17. The lowest BCUT2D eigenvalue weighted by atomic mass is 9.96. The van der Waals surface area contributed by atoms with Crippen molar-refractivity contribution >= 4 is 40.0 Å². The third-order valence-corrected chi connectivity index (χ3v) is 6.44.